The number of carbonyl (C=O) groups is 4. The zero-order valence-electron chi connectivity index (χ0n) is 11.1. The van der Waals surface area contributed by atoms with E-state index in [0.29, 0.717) is 6.08 Å². The van der Waals surface area contributed by atoms with E-state index >= 15 is 0 Å². The summed E-state index contributed by atoms with van der Waals surface area (Å²) < 4.78 is 8.28. The molecule has 0 aromatic heterocycles. The summed E-state index contributed by atoms with van der Waals surface area (Å²) in [5.74, 6) is -3.15. The molecule has 0 aliphatic carbocycles. The Labute approximate surface area is 115 Å². The number of carboxylic acid groups (broad SMARTS) is 2. The van der Waals surface area contributed by atoms with Crippen LogP contribution in [0.25, 0.3) is 0 Å². The Morgan fingerprint density at radius 1 is 1.00 bits per heavy atom. The molecule has 8 heteroatoms. The molecule has 0 aliphatic rings. The van der Waals surface area contributed by atoms with Crippen molar-refractivity contribution in [2.45, 2.75) is 6.92 Å². The molecule has 0 fully saturated rings. The molecule has 2 N–H and O–H groups in total. The highest BCUT2D eigenvalue weighted by molar-refractivity contribution is 5.90. The molecular formula is C12H16O8. The fraction of sp³-hybridized carbons (Fsp3) is 0.167. The second-order valence-corrected chi connectivity index (χ2v) is 2.51. The van der Waals surface area contributed by atoms with Gasteiger partial charge in [-0.3, -0.25) is 4.79 Å². The third-order valence-corrected chi connectivity index (χ3v) is 0.987. The lowest BCUT2D eigenvalue weighted by molar-refractivity contribution is -0.136. The first kappa shape index (κ1) is 22.3. The third kappa shape index (κ3) is 36.3. The minimum absolute atomic E-state index is 0.329. The van der Waals surface area contributed by atoms with Crippen LogP contribution in [0.15, 0.2) is 37.6 Å². The summed E-state index contributed by atoms with van der Waals surface area (Å²) >= 11 is 0. The van der Waals surface area contributed by atoms with Gasteiger partial charge in [0.15, 0.2) is 0 Å². The first-order valence-corrected chi connectivity index (χ1v) is 4.83. The zero-order valence-corrected chi connectivity index (χ0v) is 11.1. The Balaban J connectivity index is -0.000000230. The van der Waals surface area contributed by atoms with E-state index in [-0.39, 0.29) is 5.97 Å². The zero-order chi connectivity index (χ0) is 16.6. The van der Waals surface area contributed by atoms with Crippen molar-refractivity contribution in [3.63, 3.8) is 0 Å². The molecule has 0 bridgehead atoms. The van der Waals surface area contributed by atoms with Crippen LogP contribution in [0.3, 0.4) is 0 Å². The molecule has 0 amide bonds. The Kier molecular flexibility index (Phi) is 17.9. The number of esters is 2. The smallest absolute Gasteiger partial charge is 0.330 e. The first-order chi connectivity index (χ1) is 9.20. The van der Waals surface area contributed by atoms with Crippen molar-refractivity contribution in [3.8, 4) is 0 Å². The number of aliphatic carboxylic acids is 2. The monoisotopic (exact) mass is 288 g/mol. The van der Waals surface area contributed by atoms with Crippen LogP contribution in [0, 0.1) is 0 Å². The summed E-state index contributed by atoms with van der Waals surface area (Å²) in [7, 11) is 1.18. The van der Waals surface area contributed by atoms with Gasteiger partial charge in [-0.05, 0) is 0 Å². The molecule has 8 nitrogen and oxygen atoms in total. The summed E-state index contributed by atoms with van der Waals surface area (Å²) in [6.45, 7) is 7.44. The summed E-state index contributed by atoms with van der Waals surface area (Å²) in [5, 5.41) is 15.6. The number of methoxy groups -OCH3 is 1. The number of carbonyl (C=O) groups excluding carboxylic acids is 2. The van der Waals surface area contributed by atoms with Crippen LogP contribution in [0.5, 0.6) is 0 Å². The molecule has 112 valence electrons. The van der Waals surface area contributed by atoms with Gasteiger partial charge >= 0.3 is 23.9 Å². The molecular weight excluding hydrogens is 272 g/mol. The van der Waals surface area contributed by atoms with E-state index in [4.69, 9.17) is 10.2 Å². The van der Waals surface area contributed by atoms with Gasteiger partial charge in [-0.25, -0.2) is 14.4 Å². The Morgan fingerprint density at radius 2 is 1.45 bits per heavy atom. The highest BCUT2D eigenvalue weighted by atomic mass is 16.5. The summed E-state index contributed by atoms with van der Waals surface area (Å²) in [6.07, 6.45) is 3.48. The molecule has 0 unspecified atom stereocenters. The van der Waals surface area contributed by atoms with Gasteiger partial charge in [-0.1, -0.05) is 13.2 Å². The van der Waals surface area contributed by atoms with E-state index < -0.39 is 17.9 Å². The van der Waals surface area contributed by atoms with Gasteiger partial charge < -0.3 is 19.7 Å². The molecule has 20 heavy (non-hydrogen) atoms. The van der Waals surface area contributed by atoms with E-state index in [0.717, 1.165) is 18.4 Å². The largest absolute Gasteiger partial charge is 0.478 e. The van der Waals surface area contributed by atoms with Gasteiger partial charge in [0, 0.05) is 25.2 Å². The van der Waals surface area contributed by atoms with Gasteiger partial charge in [0.25, 0.3) is 0 Å². The van der Waals surface area contributed by atoms with Crippen molar-refractivity contribution in [1.29, 1.82) is 0 Å². The van der Waals surface area contributed by atoms with Gasteiger partial charge in [-0.15, -0.1) is 0 Å². The highest BCUT2D eigenvalue weighted by Crippen LogP contribution is 1.76. The van der Waals surface area contributed by atoms with Crippen LogP contribution in [-0.2, 0) is 28.7 Å². The molecule has 0 saturated heterocycles. The molecule has 0 saturated carbocycles. The van der Waals surface area contributed by atoms with Crippen LogP contribution >= 0.6 is 0 Å². The lowest BCUT2D eigenvalue weighted by Gasteiger charge is -1.85. The predicted molar refractivity (Wildman–Crippen MR) is 68.6 cm³/mol. The van der Waals surface area contributed by atoms with Crippen molar-refractivity contribution >= 4 is 23.9 Å². The lowest BCUT2D eigenvalue weighted by atomic mass is 10.5. The van der Waals surface area contributed by atoms with Crippen LogP contribution < -0.4 is 0 Å². The van der Waals surface area contributed by atoms with Crippen LogP contribution in [-0.4, -0.2) is 41.2 Å². The van der Waals surface area contributed by atoms with E-state index in [2.05, 4.69) is 22.6 Å². The van der Waals surface area contributed by atoms with E-state index in [1.807, 2.05) is 0 Å². The van der Waals surface area contributed by atoms with Crippen molar-refractivity contribution in [2.24, 2.45) is 0 Å². The number of ether oxygens (including phenoxy) is 2. The molecule has 0 spiro atoms. The van der Waals surface area contributed by atoms with Crippen LogP contribution in [0.4, 0.5) is 0 Å². The SMILES string of the molecule is C=CC(=O)O.C=COC(C)=O.COC(=O)/C=C\C(=O)O. The van der Waals surface area contributed by atoms with Gasteiger partial charge in [0.05, 0.1) is 13.4 Å². The average Bonchev–Trinajstić information content (AvgIpc) is 2.37. The molecule has 0 radical (unpaired) electrons. The normalized spacial score (nSPS) is 7.90. The van der Waals surface area contributed by atoms with Gasteiger partial charge in [-0.2, -0.15) is 0 Å². The standard InChI is InChI=1S/C5H6O4.C4H6O2.C3H4O2/c1-9-5(8)3-2-4(6)7;1-3-6-4(2)5;1-2-3(4)5/h2-3H,1H3,(H,6,7);3H,1H2,2H3;2H,1H2,(H,4,5)/b3-2-;;. The fourth-order valence-electron chi connectivity index (χ4n) is 0.325. The molecule has 0 aromatic rings. The Bertz CT molecular complexity index is 381. The highest BCUT2D eigenvalue weighted by Gasteiger charge is 1.91. The van der Waals surface area contributed by atoms with Crippen LogP contribution in [0.2, 0.25) is 0 Å². The molecule has 0 atom stereocenters. The number of hydrogen-bond donors (Lipinski definition) is 2. The third-order valence-electron chi connectivity index (χ3n) is 0.987. The Morgan fingerprint density at radius 3 is 1.60 bits per heavy atom. The van der Waals surface area contributed by atoms with E-state index in [9.17, 15) is 19.2 Å². The van der Waals surface area contributed by atoms with Gasteiger partial charge in [0.2, 0.25) is 0 Å². The molecule has 0 aromatic carbocycles. The Hall–Kier alpha value is -2.90. The van der Waals surface area contributed by atoms with Crippen molar-refractivity contribution in [3.05, 3.63) is 37.6 Å². The lowest BCUT2D eigenvalue weighted by Crippen LogP contribution is -1.96. The summed E-state index contributed by atoms with van der Waals surface area (Å²) in [6, 6.07) is 0. The molecule has 0 rings (SSSR count). The summed E-state index contributed by atoms with van der Waals surface area (Å²) in [4.78, 5) is 38.9. The minimum atomic E-state index is -1.17. The molecule has 0 heterocycles. The maximum atomic E-state index is 10.1. The predicted octanol–water partition coefficient (Wildman–Crippen LogP) is 0.750. The van der Waals surface area contributed by atoms with Crippen LogP contribution in [0.1, 0.15) is 6.92 Å². The van der Waals surface area contributed by atoms with Crippen molar-refractivity contribution < 1.29 is 38.9 Å². The second-order valence-electron chi connectivity index (χ2n) is 2.51. The maximum absolute atomic E-state index is 10.1. The average molecular weight is 288 g/mol. The summed E-state index contributed by atoms with van der Waals surface area (Å²) in [5.41, 5.74) is 0. The van der Waals surface area contributed by atoms with Crippen molar-refractivity contribution in [1.82, 2.24) is 0 Å². The topological polar surface area (TPSA) is 127 Å². The minimum Gasteiger partial charge on any atom is -0.478 e. The first-order valence-electron chi connectivity index (χ1n) is 4.83. The number of carboxylic acids is 2. The fourth-order valence-corrected chi connectivity index (χ4v) is 0.325. The number of rotatable bonds is 4. The van der Waals surface area contributed by atoms with E-state index in [1.165, 1.54) is 14.0 Å². The molecule has 0 aliphatic heterocycles. The quantitative estimate of drug-likeness (QED) is 0.440. The second kappa shape index (κ2) is 16.1. The van der Waals surface area contributed by atoms with Gasteiger partial charge in [0.1, 0.15) is 0 Å². The maximum Gasteiger partial charge on any atom is 0.330 e. The van der Waals surface area contributed by atoms with E-state index in [1.54, 1.807) is 0 Å². The van der Waals surface area contributed by atoms with Crippen molar-refractivity contribution in [2.75, 3.05) is 7.11 Å². The number of hydrogen-bond acceptors (Lipinski definition) is 6.